The number of likely N-dealkylation sites (tertiary alicyclic amines) is 1. The van der Waals surface area contributed by atoms with Gasteiger partial charge in [0.25, 0.3) is 0 Å². The quantitative estimate of drug-likeness (QED) is 0.843. The first-order valence-electron chi connectivity index (χ1n) is 7.38. The van der Waals surface area contributed by atoms with Crippen molar-refractivity contribution in [1.29, 1.82) is 0 Å². The number of benzene rings is 1. The number of carbonyl (C=O) groups excluding carboxylic acids is 1. The van der Waals surface area contributed by atoms with Crippen LogP contribution >= 0.6 is 0 Å². The maximum Gasteiger partial charge on any atom is 0.244 e. The van der Waals surface area contributed by atoms with Crippen LogP contribution in [0, 0.1) is 5.92 Å². The maximum atomic E-state index is 12.4. The van der Waals surface area contributed by atoms with Gasteiger partial charge in [-0.05, 0) is 30.9 Å². The summed E-state index contributed by atoms with van der Waals surface area (Å²) >= 11 is 0. The molecule has 5 heteroatoms. The van der Waals surface area contributed by atoms with Gasteiger partial charge in [-0.2, -0.15) is 5.10 Å². The number of amides is 1. The third kappa shape index (κ3) is 2.82. The largest absolute Gasteiger partial charge is 0.341 e. The summed E-state index contributed by atoms with van der Waals surface area (Å²) in [6.07, 6.45) is 3.40. The highest BCUT2D eigenvalue weighted by Gasteiger charge is 2.20. The lowest BCUT2D eigenvalue weighted by Gasteiger charge is -2.30. The van der Waals surface area contributed by atoms with E-state index in [0.717, 1.165) is 25.9 Å². The molecule has 0 N–H and O–H groups in total. The Balaban J connectivity index is 1.83. The number of hydrogen-bond acceptors (Lipinski definition) is 3. The van der Waals surface area contributed by atoms with E-state index < -0.39 is 0 Å². The minimum absolute atomic E-state index is 0.0724. The Morgan fingerprint density at radius 1 is 1.29 bits per heavy atom. The van der Waals surface area contributed by atoms with Crippen LogP contribution in [0.1, 0.15) is 19.8 Å². The summed E-state index contributed by atoms with van der Waals surface area (Å²) in [4.78, 5) is 26.1. The Hall–Kier alpha value is -2.17. The molecule has 0 radical (unpaired) electrons. The molecule has 0 saturated carbocycles. The smallest absolute Gasteiger partial charge is 0.244 e. The molecule has 2 aromatic rings. The highest BCUT2D eigenvalue weighted by Crippen LogP contribution is 2.16. The van der Waals surface area contributed by atoms with Crippen molar-refractivity contribution in [1.82, 2.24) is 14.7 Å². The summed E-state index contributed by atoms with van der Waals surface area (Å²) in [5, 5.41) is 4.72. The zero-order chi connectivity index (χ0) is 14.8. The van der Waals surface area contributed by atoms with Gasteiger partial charge in [-0.1, -0.05) is 19.1 Å². The van der Waals surface area contributed by atoms with E-state index >= 15 is 0 Å². The van der Waals surface area contributed by atoms with E-state index in [1.54, 1.807) is 10.7 Å². The second kappa shape index (κ2) is 5.68. The number of fused-ring (bicyclic) bond motifs is 1. The Bertz CT molecular complexity index is 715. The van der Waals surface area contributed by atoms with Crippen molar-refractivity contribution in [2.75, 3.05) is 13.1 Å². The lowest BCUT2D eigenvalue weighted by molar-refractivity contribution is -0.133. The minimum Gasteiger partial charge on any atom is -0.341 e. The van der Waals surface area contributed by atoms with Crippen LogP contribution in [0.5, 0.6) is 0 Å². The van der Waals surface area contributed by atoms with Crippen LogP contribution in [0.3, 0.4) is 0 Å². The maximum absolute atomic E-state index is 12.4. The molecule has 0 bridgehead atoms. The molecule has 2 heterocycles. The molecule has 110 valence electrons. The summed E-state index contributed by atoms with van der Waals surface area (Å²) in [7, 11) is 0. The van der Waals surface area contributed by atoms with Crippen LogP contribution in [-0.2, 0) is 11.3 Å². The van der Waals surface area contributed by atoms with Gasteiger partial charge < -0.3 is 4.90 Å². The number of piperidine rings is 1. The first kappa shape index (κ1) is 13.8. The standard InChI is InChI=1S/C16H19N3O2/c1-12-6-8-18(9-7-12)16(21)11-19-14-5-3-2-4-13(14)15(20)10-17-19/h2-5,10,12H,6-9,11H2,1H3. The predicted octanol–water partition coefficient (Wildman–Crippen LogP) is 1.65. The third-order valence-corrected chi connectivity index (χ3v) is 4.18. The van der Waals surface area contributed by atoms with Crippen molar-refractivity contribution >= 4 is 16.8 Å². The topological polar surface area (TPSA) is 55.2 Å². The van der Waals surface area contributed by atoms with Crippen molar-refractivity contribution in [2.45, 2.75) is 26.3 Å². The summed E-state index contributed by atoms with van der Waals surface area (Å²) in [5.74, 6) is 0.767. The molecule has 1 saturated heterocycles. The van der Waals surface area contributed by atoms with Crippen molar-refractivity contribution in [3.8, 4) is 0 Å². The molecule has 21 heavy (non-hydrogen) atoms. The Labute approximate surface area is 123 Å². The highest BCUT2D eigenvalue weighted by atomic mass is 16.2. The average molecular weight is 285 g/mol. The van der Waals surface area contributed by atoms with E-state index in [4.69, 9.17) is 0 Å². The second-order valence-electron chi connectivity index (χ2n) is 5.75. The van der Waals surface area contributed by atoms with Crippen molar-refractivity contribution in [3.05, 3.63) is 40.7 Å². The van der Waals surface area contributed by atoms with Crippen LogP contribution in [0.15, 0.2) is 35.3 Å². The molecule has 1 aliphatic rings. The van der Waals surface area contributed by atoms with Crippen LogP contribution in [0.2, 0.25) is 0 Å². The summed E-state index contributed by atoms with van der Waals surface area (Å²) < 4.78 is 1.62. The van der Waals surface area contributed by atoms with E-state index in [1.165, 1.54) is 6.20 Å². The zero-order valence-electron chi connectivity index (χ0n) is 12.2. The fourth-order valence-corrected chi connectivity index (χ4v) is 2.77. The summed E-state index contributed by atoms with van der Waals surface area (Å²) in [5.41, 5.74) is 0.602. The van der Waals surface area contributed by atoms with Crippen molar-refractivity contribution in [3.63, 3.8) is 0 Å². The Morgan fingerprint density at radius 2 is 2.00 bits per heavy atom. The molecule has 3 rings (SSSR count). The van der Waals surface area contributed by atoms with Gasteiger partial charge in [0.1, 0.15) is 6.54 Å². The van der Waals surface area contributed by atoms with Gasteiger partial charge in [0.2, 0.25) is 11.3 Å². The van der Waals surface area contributed by atoms with Gasteiger partial charge in [-0.3, -0.25) is 14.3 Å². The second-order valence-corrected chi connectivity index (χ2v) is 5.75. The Morgan fingerprint density at radius 3 is 2.76 bits per heavy atom. The van der Waals surface area contributed by atoms with E-state index in [-0.39, 0.29) is 17.9 Å². The molecule has 0 aliphatic carbocycles. The van der Waals surface area contributed by atoms with Gasteiger partial charge in [-0.15, -0.1) is 0 Å². The lowest BCUT2D eigenvalue weighted by atomic mass is 9.99. The third-order valence-electron chi connectivity index (χ3n) is 4.18. The highest BCUT2D eigenvalue weighted by molar-refractivity contribution is 5.81. The average Bonchev–Trinajstić information content (AvgIpc) is 2.51. The Kier molecular flexibility index (Phi) is 3.73. The molecular weight excluding hydrogens is 266 g/mol. The molecule has 1 fully saturated rings. The van der Waals surface area contributed by atoms with E-state index in [1.807, 2.05) is 23.1 Å². The van der Waals surface area contributed by atoms with E-state index in [9.17, 15) is 9.59 Å². The molecule has 5 nitrogen and oxygen atoms in total. The predicted molar refractivity (Wildman–Crippen MR) is 81.0 cm³/mol. The van der Waals surface area contributed by atoms with Gasteiger partial charge >= 0.3 is 0 Å². The van der Waals surface area contributed by atoms with Crippen LogP contribution in [-0.4, -0.2) is 33.7 Å². The van der Waals surface area contributed by atoms with Gasteiger partial charge in [0.15, 0.2) is 0 Å². The van der Waals surface area contributed by atoms with E-state index in [0.29, 0.717) is 16.8 Å². The molecule has 1 aromatic heterocycles. The van der Waals surface area contributed by atoms with Crippen LogP contribution in [0.4, 0.5) is 0 Å². The first-order valence-corrected chi connectivity index (χ1v) is 7.38. The SMILES string of the molecule is CC1CCN(C(=O)Cn2ncc(=O)c3ccccc32)CC1. The monoisotopic (exact) mass is 285 g/mol. The minimum atomic E-state index is -0.110. The fraction of sp³-hybridized carbons (Fsp3) is 0.438. The zero-order valence-corrected chi connectivity index (χ0v) is 12.2. The molecule has 1 amide bonds. The van der Waals surface area contributed by atoms with Crippen molar-refractivity contribution in [2.24, 2.45) is 5.92 Å². The molecular formula is C16H19N3O2. The molecule has 0 unspecified atom stereocenters. The van der Waals surface area contributed by atoms with Gasteiger partial charge in [-0.25, -0.2) is 0 Å². The van der Waals surface area contributed by atoms with Crippen molar-refractivity contribution < 1.29 is 4.79 Å². The van der Waals surface area contributed by atoms with Gasteiger partial charge in [0, 0.05) is 18.5 Å². The van der Waals surface area contributed by atoms with Gasteiger partial charge in [0.05, 0.1) is 11.7 Å². The van der Waals surface area contributed by atoms with Crippen LogP contribution < -0.4 is 5.43 Å². The molecule has 0 spiro atoms. The molecule has 1 aromatic carbocycles. The fourth-order valence-electron chi connectivity index (χ4n) is 2.77. The summed E-state index contributed by atoms with van der Waals surface area (Å²) in [6.45, 7) is 4.05. The van der Waals surface area contributed by atoms with E-state index in [2.05, 4.69) is 12.0 Å². The molecule has 0 atom stereocenters. The number of carbonyl (C=O) groups is 1. The number of hydrogen-bond donors (Lipinski definition) is 0. The number of rotatable bonds is 2. The number of nitrogens with zero attached hydrogens (tertiary/aromatic N) is 3. The number of para-hydroxylation sites is 1. The lowest BCUT2D eigenvalue weighted by Crippen LogP contribution is -2.40. The number of aromatic nitrogens is 2. The van der Waals surface area contributed by atoms with Crippen LogP contribution in [0.25, 0.3) is 10.9 Å². The first-order chi connectivity index (χ1) is 10.1. The summed E-state index contributed by atoms with van der Waals surface area (Å²) in [6, 6.07) is 7.27. The molecule has 1 aliphatic heterocycles. The normalized spacial score (nSPS) is 16.3.